The molecule has 6 heterocycles. The van der Waals surface area contributed by atoms with Gasteiger partial charge in [-0.15, -0.1) is 0 Å². The second kappa shape index (κ2) is 19.7. The Hall–Kier alpha value is -5.68. The standard InChI is InChI=1S/C49H57BrFN10O6P/c1-6-29-26-37(55-48-52-28-34(50)46(57-48)54-36-12-11-35-33(45(36)68(4,5)65)10-9-31(7-2)53-35)41(66-3)27-40(29)60-20-17-32(18-21-60)59-24-22-58(23-25-59)19-16-30-8-13-38-44(43(30)51)67-49(64)61(38)39-14-15-42(62)56-47(39)63/h8-13,26-28,32,39H,6-7,14-25H2,1-5H3,(H,56,62,63)(H2,52,54,55,57). The van der Waals surface area contributed by atoms with Gasteiger partial charge in [0.2, 0.25) is 17.8 Å². The zero-order valence-corrected chi connectivity index (χ0v) is 41.5. The van der Waals surface area contributed by atoms with E-state index in [-0.39, 0.29) is 23.9 Å². The topological polar surface area (TPSA) is 180 Å². The van der Waals surface area contributed by atoms with Crippen molar-refractivity contribution < 1.29 is 27.7 Å². The van der Waals surface area contributed by atoms with Gasteiger partial charge in [0.05, 0.1) is 34.0 Å². The molecular weight excluding hydrogens is 954 g/mol. The Morgan fingerprint density at radius 2 is 1.69 bits per heavy atom. The Morgan fingerprint density at radius 1 is 0.912 bits per heavy atom. The summed E-state index contributed by atoms with van der Waals surface area (Å²) in [4.78, 5) is 58.5. The molecule has 9 rings (SSSR count). The van der Waals surface area contributed by atoms with Crippen molar-refractivity contribution in [2.75, 3.05) is 81.8 Å². The zero-order valence-electron chi connectivity index (χ0n) is 39.0. The van der Waals surface area contributed by atoms with E-state index in [9.17, 15) is 18.9 Å². The number of ether oxygens (including phenoxy) is 1. The fourth-order valence-electron chi connectivity index (χ4n) is 9.96. The number of halogens is 2. The van der Waals surface area contributed by atoms with Crippen LogP contribution in [0.5, 0.6) is 5.75 Å². The van der Waals surface area contributed by atoms with Gasteiger partial charge < -0.3 is 34.2 Å². The molecule has 3 aromatic carbocycles. The van der Waals surface area contributed by atoms with Gasteiger partial charge in [-0.05, 0) is 109 Å². The average Bonchev–Trinajstić information content (AvgIpc) is 3.67. The number of benzene rings is 3. The van der Waals surface area contributed by atoms with Crippen molar-refractivity contribution in [3.05, 3.63) is 92.4 Å². The Labute approximate surface area is 402 Å². The monoisotopic (exact) mass is 1010 g/mol. The first-order chi connectivity index (χ1) is 32.7. The smallest absolute Gasteiger partial charge is 0.420 e. The molecule has 358 valence electrons. The van der Waals surface area contributed by atoms with E-state index in [4.69, 9.17) is 19.1 Å². The average molecular weight is 1010 g/mol. The summed E-state index contributed by atoms with van der Waals surface area (Å²) in [5.74, 6) is -0.808. The normalized spacial score (nSPS) is 17.8. The number of fused-ring (bicyclic) bond motifs is 2. The van der Waals surface area contributed by atoms with Gasteiger partial charge in [0.1, 0.15) is 24.8 Å². The number of amides is 2. The number of oxazole rings is 1. The molecule has 1 atom stereocenters. The third kappa shape index (κ3) is 9.65. The van der Waals surface area contributed by atoms with Crippen molar-refractivity contribution in [3.8, 4) is 5.75 Å². The van der Waals surface area contributed by atoms with Crippen LogP contribution in [0.25, 0.3) is 22.0 Å². The molecule has 3 aliphatic heterocycles. The molecule has 0 radical (unpaired) electrons. The van der Waals surface area contributed by atoms with Gasteiger partial charge in [0, 0.05) is 92.6 Å². The quantitative estimate of drug-likeness (QED) is 0.0721. The summed E-state index contributed by atoms with van der Waals surface area (Å²) in [6, 6.07) is 14.9. The lowest BCUT2D eigenvalue weighted by Crippen LogP contribution is -2.53. The molecule has 1 unspecified atom stereocenters. The predicted molar refractivity (Wildman–Crippen MR) is 268 cm³/mol. The third-order valence-corrected chi connectivity index (χ3v) is 15.7. The second-order valence-electron chi connectivity index (χ2n) is 18.1. The number of carbonyl (C=O) groups is 2. The molecule has 0 bridgehead atoms. The van der Waals surface area contributed by atoms with Crippen molar-refractivity contribution in [1.29, 1.82) is 0 Å². The van der Waals surface area contributed by atoms with Crippen molar-refractivity contribution in [2.24, 2.45) is 0 Å². The zero-order chi connectivity index (χ0) is 47.9. The molecule has 0 spiro atoms. The number of aromatic nitrogens is 4. The van der Waals surface area contributed by atoms with E-state index in [0.717, 1.165) is 103 Å². The predicted octanol–water partition coefficient (Wildman–Crippen LogP) is 7.51. The maximum absolute atomic E-state index is 15.7. The SMILES string of the molecule is CCc1ccc2c(P(C)(C)=O)c(Nc3nc(Nc4cc(CC)c(N5CCC(N6CCN(CCc7ccc8c(oc(=O)n8C8CCC(=O)NC8=O)c7F)CC6)CC5)cc4OC)ncc3Br)ccc2n1. The molecule has 0 saturated carbocycles. The molecular formula is C49H57BrFN10O6P. The van der Waals surface area contributed by atoms with Crippen LogP contribution >= 0.6 is 23.1 Å². The molecule has 3 N–H and O–H groups in total. The van der Waals surface area contributed by atoms with E-state index in [1.807, 2.05) is 24.3 Å². The molecule has 3 aromatic heterocycles. The Kier molecular flexibility index (Phi) is 13.8. The van der Waals surface area contributed by atoms with Gasteiger partial charge in [-0.1, -0.05) is 26.0 Å². The van der Waals surface area contributed by atoms with Crippen LogP contribution in [-0.2, 0) is 33.4 Å². The summed E-state index contributed by atoms with van der Waals surface area (Å²) in [7, 11) is -1.08. The highest BCUT2D eigenvalue weighted by molar-refractivity contribution is 9.10. The Balaban J connectivity index is 0.809. The van der Waals surface area contributed by atoms with Crippen LogP contribution < -0.4 is 36.6 Å². The molecule has 2 amide bonds. The summed E-state index contributed by atoms with van der Waals surface area (Å²) in [6.07, 6.45) is 6.09. The number of imide groups is 1. The van der Waals surface area contributed by atoms with E-state index in [2.05, 4.69) is 77.5 Å². The fraction of sp³-hybridized carbons (Fsp3) is 0.429. The lowest BCUT2D eigenvalue weighted by Gasteiger charge is -2.43. The first-order valence-corrected chi connectivity index (χ1v) is 26.8. The number of methoxy groups -OCH3 is 1. The van der Waals surface area contributed by atoms with Crippen molar-refractivity contribution in [1.82, 2.24) is 34.6 Å². The van der Waals surface area contributed by atoms with Gasteiger partial charge in [-0.3, -0.25) is 29.4 Å². The van der Waals surface area contributed by atoms with Crippen LogP contribution in [0.15, 0.2) is 68.4 Å². The summed E-state index contributed by atoms with van der Waals surface area (Å²) >= 11 is 3.62. The maximum Gasteiger partial charge on any atom is 0.420 e. The number of nitrogens with zero attached hydrogens (tertiary/aromatic N) is 7. The third-order valence-electron chi connectivity index (χ3n) is 13.6. The van der Waals surface area contributed by atoms with E-state index in [0.29, 0.717) is 52.2 Å². The summed E-state index contributed by atoms with van der Waals surface area (Å²) in [5, 5.41) is 10.7. The number of piperidine rings is 2. The summed E-state index contributed by atoms with van der Waals surface area (Å²) in [6.45, 7) is 13.9. The van der Waals surface area contributed by atoms with Crippen LogP contribution in [0.3, 0.4) is 0 Å². The number of rotatable bonds is 14. The van der Waals surface area contributed by atoms with E-state index < -0.39 is 36.6 Å². The number of nitrogens with one attached hydrogen (secondary N) is 3. The highest BCUT2D eigenvalue weighted by Gasteiger charge is 2.33. The minimum absolute atomic E-state index is 0.0953. The van der Waals surface area contributed by atoms with Crippen LogP contribution in [0.4, 0.5) is 33.2 Å². The molecule has 0 aliphatic carbocycles. The molecule has 3 aliphatic rings. The van der Waals surface area contributed by atoms with E-state index in [1.54, 1.807) is 38.8 Å². The van der Waals surface area contributed by atoms with E-state index in [1.165, 1.54) is 5.56 Å². The highest BCUT2D eigenvalue weighted by atomic mass is 79.9. The van der Waals surface area contributed by atoms with Crippen LogP contribution in [0, 0.1) is 5.82 Å². The number of anilines is 5. The minimum Gasteiger partial charge on any atom is -0.494 e. The van der Waals surface area contributed by atoms with Gasteiger partial charge in [0.15, 0.2) is 11.4 Å². The maximum atomic E-state index is 15.7. The van der Waals surface area contributed by atoms with Gasteiger partial charge in [-0.25, -0.2) is 14.2 Å². The number of aryl methyl sites for hydroxylation is 2. The second-order valence-corrected chi connectivity index (χ2v) is 22.2. The number of carbonyl (C=O) groups excluding carboxylic acids is 2. The largest absolute Gasteiger partial charge is 0.494 e. The molecule has 19 heteroatoms. The molecule has 3 saturated heterocycles. The Bertz CT molecular complexity index is 3010. The van der Waals surface area contributed by atoms with Crippen molar-refractivity contribution in [3.63, 3.8) is 0 Å². The number of pyridine rings is 1. The van der Waals surface area contributed by atoms with Crippen LogP contribution in [-0.4, -0.2) is 113 Å². The highest BCUT2D eigenvalue weighted by Crippen LogP contribution is 2.42. The first-order valence-electron chi connectivity index (χ1n) is 23.4. The summed E-state index contributed by atoms with van der Waals surface area (Å²) in [5.41, 5.74) is 6.08. The lowest BCUT2D eigenvalue weighted by atomic mass is 9.99. The molecule has 6 aromatic rings. The fourth-order valence-corrected chi connectivity index (χ4v) is 11.7. The number of hydrogen-bond donors (Lipinski definition) is 3. The number of piperazine rings is 1. The first kappa shape index (κ1) is 47.4. The Morgan fingerprint density at radius 3 is 2.40 bits per heavy atom. The van der Waals surface area contributed by atoms with Gasteiger partial charge in [-0.2, -0.15) is 4.98 Å². The van der Waals surface area contributed by atoms with Crippen LogP contribution in [0.2, 0.25) is 0 Å². The van der Waals surface area contributed by atoms with Gasteiger partial charge in [0.25, 0.3) is 0 Å². The molecule has 16 nitrogen and oxygen atoms in total. The van der Waals surface area contributed by atoms with Gasteiger partial charge >= 0.3 is 5.76 Å². The number of hydrogen-bond acceptors (Lipinski definition) is 14. The summed E-state index contributed by atoms with van der Waals surface area (Å²) < 4.78 is 42.5. The van der Waals surface area contributed by atoms with Crippen molar-refractivity contribution >= 4 is 91.0 Å². The lowest BCUT2D eigenvalue weighted by molar-refractivity contribution is -0.135. The van der Waals surface area contributed by atoms with Crippen molar-refractivity contribution in [2.45, 2.75) is 70.9 Å². The molecule has 68 heavy (non-hydrogen) atoms. The molecule has 3 fully saturated rings. The van der Waals surface area contributed by atoms with E-state index >= 15 is 4.39 Å². The minimum atomic E-state index is -2.75. The van der Waals surface area contributed by atoms with Crippen LogP contribution in [0.1, 0.15) is 62.4 Å².